The van der Waals surface area contributed by atoms with Crippen molar-refractivity contribution in [2.24, 2.45) is 0 Å². The highest BCUT2D eigenvalue weighted by Crippen LogP contribution is 2.27. The van der Waals surface area contributed by atoms with Gasteiger partial charge in [-0.15, -0.1) is 0 Å². The lowest BCUT2D eigenvalue weighted by atomic mass is 10.1. The third-order valence-electron chi connectivity index (χ3n) is 5.24. The van der Waals surface area contributed by atoms with Crippen LogP contribution in [-0.4, -0.2) is 49.3 Å². The number of fused-ring (bicyclic) bond motifs is 2. The van der Waals surface area contributed by atoms with Crippen LogP contribution >= 0.6 is 0 Å². The molecule has 3 aromatic heterocycles. The molecular formula is C21H24N8O2. The maximum absolute atomic E-state index is 12.7. The van der Waals surface area contributed by atoms with Crippen molar-refractivity contribution in [2.75, 3.05) is 25.6 Å². The molecule has 0 spiro atoms. The number of ether oxygens (including phenoxy) is 1. The van der Waals surface area contributed by atoms with Crippen molar-refractivity contribution in [3.8, 4) is 12.0 Å². The number of hydrogen-bond donors (Lipinski definition) is 2. The van der Waals surface area contributed by atoms with Crippen LogP contribution in [0.15, 0.2) is 29.3 Å². The van der Waals surface area contributed by atoms with Crippen LogP contribution in [0.4, 0.5) is 5.82 Å². The highest BCUT2D eigenvalue weighted by Gasteiger charge is 2.24. The fraction of sp³-hybridized carbons (Fsp3) is 0.381. The summed E-state index contributed by atoms with van der Waals surface area (Å²) in [6.07, 6.45) is 3.12. The molecule has 10 nitrogen and oxygen atoms in total. The third-order valence-corrected chi connectivity index (χ3v) is 5.24. The lowest BCUT2D eigenvalue weighted by Crippen LogP contribution is -2.27. The van der Waals surface area contributed by atoms with Gasteiger partial charge in [0.05, 0.1) is 22.7 Å². The van der Waals surface area contributed by atoms with Gasteiger partial charge in [-0.2, -0.15) is 15.2 Å². The van der Waals surface area contributed by atoms with E-state index in [1.165, 1.54) is 0 Å². The number of H-pyrrole nitrogens is 1. The first-order chi connectivity index (χ1) is 15.2. The Balaban J connectivity index is 0.00000112. The minimum absolute atomic E-state index is 0.0159. The monoisotopic (exact) mass is 420 g/mol. The normalized spacial score (nSPS) is 14.3. The largest absolute Gasteiger partial charge is 0.381 e. The molecule has 1 aromatic carbocycles. The average Bonchev–Trinajstić information content (AvgIpc) is 3.39. The molecule has 1 saturated heterocycles. The van der Waals surface area contributed by atoms with E-state index in [0.29, 0.717) is 41.7 Å². The molecule has 5 rings (SSSR count). The molecule has 1 aliphatic rings. The van der Waals surface area contributed by atoms with Crippen LogP contribution in [0.1, 0.15) is 38.3 Å². The van der Waals surface area contributed by atoms with Crippen LogP contribution in [0.5, 0.6) is 0 Å². The van der Waals surface area contributed by atoms with E-state index in [0.717, 1.165) is 23.9 Å². The molecule has 0 bridgehead atoms. The summed E-state index contributed by atoms with van der Waals surface area (Å²) < 4.78 is 8.86. The second-order valence-electron chi connectivity index (χ2n) is 6.89. The molecule has 31 heavy (non-hydrogen) atoms. The predicted molar refractivity (Wildman–Crippen MR) is 117 cm³/mol. The van der Waals surface area contributed by atoms with Crippen LogP contribution in [0.25, 0.3) is 28.1 Å². The van der Waals surface area contributed by atoms with E-state index in [4.69, 9.17) is 9.72 Å². The third kappa shape index (κ3) is 3.53. The lowest BCUT2D eigenvalue weighted by Gasteiger charge is -2.23. The number of anilines is 1. The summed E-state index contributed by atoms with van der Waals surface area (Å²) >= 11 is 0. The van der Waals surface area contributed by atoms with E-state index in [2.05, 4.69) is 26.3 Å². The Kier molecular flexibility index (Phi) is 5.68. The van der Waals surface area contributed by atoms with Gasteiger partial charge in [0.1, 0.15) is 11.8 Å². The minimum Gasteiger partial charge on any atom is -0.381 e. The summed E-state index contributed by atoms with van der Waals surface area (Å²) in [7, 11) is 1.75. The maximum atomic E-state index is 12.7. The average molecular weight is 420 g/mol. The van der Waals surface area contributed by atoms with Crippen molar-refractivity contribution in [2.45, 2.75) is 32.7 Å². The van der Waals surface area contributed by atoms with Gasteiger partial charge in [0.15, 0.2) is 11.5 Å². The smallest absolute Gasteiger partial charge is 0.328 e. The Hall–Kier alpha value is -3.71. The molecule has 4 heterocycles. The van der Waals surface area contributed by atoms with Gasteiger partial charge in [-0.05, 0) is 31.0 Å². The van der Waals surface area contributed by atoms with Gasteiger partial charge in [-0.25, -0.2) is 9.78 Å². The second kappa shape index (κ2) is 8.57. The first-order valence-electron chi connectivity index (χ1n) is 10.3. The van der Waals surface area contributed by atoms with Crippen molar-refractivity contribution in [1.29, 1.82) is 5.26 Å². The highest BCUT2D eigenvalue weighted by molar-refractivity contribution is 5.84. The Morgan fingerprint density at radius 3 is 2.74 bits per heavy atom. The molecule has 0 saturated carbocycles. The molecule has 0 atom stereocenters. The van der Waals surface area contributed by atoms with E-state index < -0.39 is 0 Å². The number of benzene rings is 1. The number of hydrogen-bond acceptors (Lipinski definition) is 7. The second-order valence-corrected chi connectivity index (χ2v) is 6.89. The van der Waals surface area contributed by atoms with Gasteiger partial charge >= 0.3 is 5.69 Å². The predicted octanol–water partition coefficient (Wildman–Crippen LogP) is 2.75. The van der Waals surface area contributed by atoms with Crippen LogP contribution in [0, 0.1) is 11.3 Å². The van der Waals surface area contributed by atoms with E-state index in [9.17, 15) is 10.1 Å². The topological polar surface area (TPSA) is 126 Å². The Morgan fingerprint density at radius 2 is 2.03 bits per heavy atom. The molecule has 160 valence electrons. The van der Waals surface area contributed by atoms with Crippen LogP contribution in [0.2, 0.25) is 0 Å². The van der Waals surface area contributed by atoms with Crippen molar-refractivity contribution in [3.05, 3.63) is 40.6 Å². The zero-order valence-electron chi connectivity index (χ0n) is 17.7. The molecule has 2 N–H and O–H groups in total. The standard InChI is InChI=1S/C19H18N8O2.C2H6/c1-21-16-15-17(27(19(28)23-15)12-4-6-29-7-5-12)25-18(24-16)26-10-22-13-3-2-11(9-20)8-14(13)26;1-2/h2-3,8,10,12H,4-7H2,1H3,(H,23,28)(H,21,24,25);1-2H3. The quantitative estimate of drug-likeness (QED) is 0.522. The molecule has 1 fully saturated rings. The SMILES string of the molecule is CC.CNc1nc(-n2cnc3ccc(C#N)cc32)nc2c1[nH]c(=O)n2C1CCOCC1. The number of rotatable bonds is 3. The molecule has 0 aliphatic carbocycles. The number of aromatic nitrogens is 6. The number of nitrogens with zero attached hydrogens (tertiary/aromatic N) is 6. The Morgan fingerprint density at radius 1 is 1.26 bits per heavy atom. The summed E-state index contributed by atoms with van der Waals surface area (Å²) in [4.78, 5) is 29.3. The van der Waals surface area contributed by atoms with Crippen molar-refractivity contribution >= 4 is 28.0 Å². The van der Waals surface area contributed by atoms with Crippen LogP contribution < -0.4 is 11.0 Å². The fourth-order valence-corrected chi connectivity index (χ4v) is 3.80. The molecule has 1 aliphatic heterocycles. The first kappa shape index (κ1) is 20.6. The number of nitrogens with one attached hydrogen (secondary N) is 2. The Labute approximate surface area is 178 Å². The van der Waals surface area contributed by atoms with Crippen LogP contribution in [0.3, 0.4) is 0 Å². The van der Waals surface area contributed by atoms with Gasteiger partial charge in [0.25, 0.3) is 0 Å². The van der Waals surface area contributed by atoms with E-state index in [1.54, 1.807) is 40.7 Å². The van der Waals surface area contributed by atoms with Crippen LogP contribution in [-0.2, 0) is 4.74 Å². The lowest BCUT2D eigenvalue weighted by molar-refractivity contribution is 0.0697. The summed E-state index contributed by atoms with van der Waals surface area (Å²) in [5.74, 6) is 0.894. The van der Waals surface area contributed by atoms with Crippen molar-refractivity contribution < 1.29 is 4.74 Å². The Bertz CT molecular complexity index is 1320. The van der Waals surface area contributed by atoms with E-state index in [1.807, 2.05) is 13.8 Å². The van der Waals surface area contributed by atoms with E-state index >= 15 is 0 Å². The summed E-state index contributed by atoms with van der Waals surface area (Å²) in [6, 6.07) is 7.41. The van der Waals surface area contributed by atoms with Gasteiger partial charge in [-0.1, -0.05) is 13.8 Å². The first-order valence-corrected chi connectivity index (χ1v) is 10.3. The molecule has 0 amide bonds. The summed E-state index contributed by atoms with van der Waals surface area (Å²) in [5, 5.41) is 12.3. The van der Waals surface area contributed by atoms with Crippen molar-refractivity contribution in [1.82, 2.24) is 29.1 Å². The molecule has 0 radical (unpaired) electrons. The fourth-order valence-electron chi connectivity index (χ4n) is 3.80. The minimum atomic E-state index is -0.211. The zero-order valence-corrected chi connectivity index (χ0v) is 17.7. The van der Waals surface area contributed by atoms with Gasteiger partial charge in [0, 0.05) is 26.3 Å². The molecule has 10 heteroatoms. The van der Waals surface area contributed by atoms with Gasteiger partial charge in [0.2, 0.25) is 5.95 Å². The highest BCUT2D eigenvalue weighted by atomic mass is 16.5. The molecular weight excluding hydrogens is 396 g/mol. The maximum Gasteiger partial charge on any atom is 0.328 e. The summed E-state index contributed by atoms with van der Waals surface area (Å²) in [6.45, 7) is 5.23. The number of aromatic amines is 1. The molecule has 4 aromatic rings. The number of imidazole rings is 2. The summed E-state index contributed by atoms with van der Waals surface area (Å²) in [5.41, 5.74) is 2.87. The zero-order chi connectivity index (χ0) is 22.0. The van der Waals surface area contributed by atoms with Gasteiger partial charge < -0.3 is 15.0 Å². The van der Waals surface area contributed by atoms with Crippen molar-refractivity contribution in [3.63, 3.8) is 0 Å². The van der Waals surface area contributed by atoms with Gasteiger partial charge in [-0.3, -0.25) is 9.13 Å². The van der Waals surface area contributed by atoms with E-state index in [-0.39, 0.29) is 11.7 Å². The molecule has 0 unspecified atom stereocenters. The number of nitriles is 1.